The van der Waals surface area contributed by atoms with Crippen molar-refractivity contribution < 1.29 is 23.9 Å². The van der Waals surface area contributed by atoms with E-state index in [0.717, 1.165) is 4.88 Å². The van der Waals surface area contributed by atoms with Gasteiger partial charge in [-0.2, -0.15) is 0 Å². The third-order valence-electron chi connectivity index (χ3n) is 5.65. The van der Waals surface area contributed by atoms with E-state index in [1.54, 1.807) is 36.4 Å². The van der Waals surface area contributed by atoms with Crippen LogP contribution in [0, 0.1) is 0 Å². The zero-order valence-electron chi connectivity index (χ0n) is 18.8. The van der Waals surface area contributed by atoms with Crippen molar-refractivity contribution in [3.63, 3.8) is 0 Å². The number of aromatic nitrogens is 1. The highest BCUT2D eigenvalue weighted by Crippen LogP contribution is 2.33. The quantitative estimate of drug-likeness (QED) is 0.432. The van der Waals surface area contributed by atoms with Crippen LogP contribution < -0.4 is 15.0 Å². The summed E-state index contributed by atoms with van der Waals surface area (Å²) in [7, 11) is 1.50. The van der Waals surface area contributed by atoms with E-state index in [0.29, 0.717) is 33.6 Å². The van der Waals surface area contributed by atoms with E-state index in [2.05, 4.69) is 10.3 Å². The Labute approximate surface area is 205 Å². The number of nitrogens with one attached hydrogen (secondary N) is 1. The van der Waals surface area contributed by atoms with E-state index in [1.807, 2.05) is 35.7 Å². The molecule has 1 unspecified atom stereocenters. The first-order valence-corrected chi connectivity index (χ1v) is 11.8. The Hall–Kier alpha value is -4.24. The molecule has 3 heterocycles. The van der Waals surface area contributed by atoms with Crippen LogP contribution in [0.1, 0.15) is 10.4 Å². The van der Waals surface area contributed by atoms with Gasteiger partial charge in [0.05, 0.1) is 33.9 Å². The van der Waals surface area contributed by atoms with Gasteiger partial charge in [-0.1, -0.05) is 36.4 Å². The van der Waals surface area contributed by atoms with Crippen molar-refractivity contribution in [2.75, 3.05) is 25.1 Å². The van der Waals surface area contributed by atoms with Crippen LogP contribution in [0.25, 0.3) is 21.5 Å². The number of carbonyl (C=O) groups excluding carboxylic acids is 3. The summed E-state index contributed by atoms with van der Waals surface area (Å²) < 4.78 is 11.2. The second-order valence-corrected chi connectivity index (χ2v) is 8.77. The minimum atomic E-state index is -0.868. The lowest BCUT2D eigenvalue weighted by Gasteiger charge is -2.33. The summed E-state index contributed by atoms with van der Waals surface area (Å²) in [6, 6.07) is 19.8. The molecule has 0 radical (unpaired) electrons. The molecule has 4 aromatic rings. The lowest BCUT2D eigenvalue weighted by Crippen LogP contribution is -2.51. The SMILES string of the molecule is CNC(=O)C1CN(C(=O)COC(=O)c2cc(-c3cccs3)nc3ccccc23)c2ccccc2O1. The summed E-state index contributed by atoms with van der Waals surface area (Å²) in [6.45, 7) is -0.480. The zero-order valence-corrected chi connectivity index (χ0v) is 19.6. The number of carbonyl (C=O) groups is 3. The van der Waals surface area contributed by atoms with Crippen LogP contribution in [-0.2, 0) is 14.3 Å². The largest absolute Gasteiger partial charge is 0.477 e. The number of hydrogen-bond acceptors (Lipinski definition) is 7. The lowest BCUT2D eigenvalue weighted by atomic mass is 10.1. The van der Waals surface area contributed by atoms with Gasteiger partial charge in [-0.05, 0) is 35.7 Å². The Morgan fingerprint density at radius 1 is 1.11 bits per heavy atom. The standard InChI is InChI=1S/C26H21N3O5S/c1-27-25(31)22-14-29(20-9-4-5-10-21(20)34-22)24(30)15-33-26(32)17-13-19(23-11-6-12-35-23)28-18-8-3-2-7-16(17)18/h2-13,22H,14-15H2,1H3,(H,27,31). The second-order valence-electron chi connectivity index (χ2n) is 7.82. The fourth-order valence-electron chi connectivity index (χ4n) is 3.95. The number of anilines is 1. The minimum absolute atomic E-state index is 0.00772. The topological polar surface area (TPSA) is 97.8 Å². The molecule has 0 saturated heterocycles. The molecule has 1 atom stereocenters. The Morgan fingerprint density at radius 3 is 2.71 bits per heavy atom. The zero-order chi connectivity index (χ0) is 24.4. The van der Waals surface area contributed by atoms with Gasteiger partial charge in [-0.15, -0.1) is 11.3 Å². The lowest BCUT2D eigenvalue weighted by molar-refractivity contribution is -0.128. The Balaban J connectivity index is 1.39. The van der Waals surface area contributed by atoms with Gasteiger partial charge >= 0.3 is 5.97 Å². The van der Waals surface area contributed by atoms with Gasteiger partial charge in [0, 0.05) is 12.4 Å². The Kier molecular flexibility index (Phi) is 6.15. The van der Waals surface area contributed by atoms with E-state index in [1.165, 1.54) is 23.3 Å². The molecule has 1 aliphatic rings. The number of rotatable bonds is 5. The molecule has 1 aliphatic heterocycles. The van der Waals surface area contributed by atoms with Gasteiger partial charge < -0.3 is 19.7 Å². The van der Waals surface area contributed by atoms with Gasteiger partial charge in [0.25, 0.3) is 11.8 Å². The number of hydrogen-bond donors (Lipinski definition) is 1. The molecule has 176 valence electrons. The first-order valence-electron chi connectivity index (χ1n) is 10.9. The molecule has 1 N–H and O–H groups in total. The monoisotopic (exact) mass is 487 g/mol. The Bertz CT molecular complexity index is 1420. The van der Waals surface area contributed by atoms with Crippen molar-refractivity contribution in [3.8, 4) is 16.3 Å². The van der Waals surface area contributed by atoms with E-state index in [9.17, 15) is 14.4 Å². The van der Waals surface area contributed by atoms with Gasteiger partial charge in [-0.25, -0.2) is 9.78 Å². The molecule has 8 nitrogen and oxygen atoms in total. The van der Waals surface area contributed by atoms with Crippen LogP contribution in [0.2, 0.25) is 0 Å². The van der Waals surface area contributed by atoms with Crippen LogP contribution in [0.3, 0.4) is 0 Å². The molecular formula is C26H21N3O5S. The van der Waals surface area contributed by atoms with Gasteiger partial charge in [0.1, 0.15) is 5.75 Å². The van der Waals surface area contributed by atoms with Gasteiger partial charge in [0.2, 0.25) is 0 Å². The maximum atomic E-state index is 13.1. The minimum Gasteiger partial charge on any atom is -0.477 e. The molecular weight excluding hydrogens is 466 g/mol. The number of fused-ring (bicyclic) bond motifs is 2. The smallest absolute Gasteiger partial charge is 0.339 e. The molecule has 2 aromatic carbocycles. The summed E-state index contributed by atoms with van der Waals surface area (Å²) in [4.78, 5) is 45.4. The van der Waals surface area contributed by atoms with E-state index in [4.69, 9.17) is 9.47 Å². The van der Waals surface area contributed by atoms with Crippen molar-refractivity contribution in [3.05, 3.63) is 77.7 Å². The molecule has 0 aliphatic carbocycles. The average Bonchev–Trinajstić information content (AvgIpc) is 3.45. The third-order valence-corrected chi connectivity index (χ3v) is 6.54. The maximum absolute atomic E-state index is 13.1. The van der Waals surface area contributed by atoms with Crippen molar-refractivity contribution in [2.24, 2.45) is 0 Å². The van der Waals surface area contributed by atoms with E-state index in [-0.39, 0.29) is 12.5 Å². The van der Waals surface area contributed by atoms with Crippen molar-refractivity contribution in [1.82, 2.24) is 10.3 Å². The van der Waals surface area contributed by atoms with Crippen LogP contribution >= 0.6 is 11.3 Å². The summed E-state index contributed by atoms with van der Waals surface area (Å²) in [5.74, 6) is -1.02. The molecule has 9 heteroatoms. The first kappa shape index (κ1) is 22.5. The van der Waals surface area contributed by atoms with E-state index >= 15 is 0 Å². The number of ether oxygens (including phenoxy) is 2. The molecule has 2 aromatic heterocycles. The molecule has 35 heavy (non-hydrogen) atoms. The predicted molar refractivity (Wildman–Crippen MR) is 133 cm³/mol. The van der Waals surface area contributed by atoms with Gasteiger partial charge in [0.15, 0.2) is 12.7 Å². The summed E-state index contributed by atoms with van der Waals surface area (Å²) >= 11 is 1.52. The molecule has 0 bridgehead atoms. The second kappa shape index (κ2) is 9.55. The summed E-state index contributed by atoms with van der Waals surface area (Å²) in [6.07, 6.45) is -0.868. The highest BCUT2D eigenvalue weighted by Gasteiger charge is 2.33. The van der Waals surface area contributed by atoms with Crippen LogP contribution in [-0.4, -0.2) is 49.1 Å². The average molecular weight is 488 g/mol. The number of amides is 2. The number of benzene rings is 2. The third kappa shape index (κ3) is 4.45. The number of likely N-dealkylation sites (N-methyl/N-ethyl adjacent to an activating group) is 1. The molecule has 0 saturated carbocycles. The molecule has 5 rings (SSSR count). The summed E-state index contributed by atoms with van der Waals surface area (Å²) in [5, 5.41) is 5.12. The highest BCUT2D eigenvalue weighted by atomic mass is 32.1. The van der Waals surface area contributed by atoms with Crippen LogP contribution in [0.4, 0.5) is 5.69 Å². The highest BCUT2D eigenvalue weighted by molar-refractivity contribution is 7.13. The fourth-order valence-corrected chi connectivity index (χ4v) is 4.63. The normalized spacial score (nSPS) is 14.7. The van der Waals surface area contributed by atoms with Crippen molar-refractivity contribution >= 4 is 45.7 Å². The van der Waals surface area contributed by atoms with Crippen molar-refractivity contribution in [2.45, 2.75) is 6.10 Å². The van der Waals surface area contributed by atoms with Crippen LogP contribution in [0.15, 0.2) is 72.1 Å². The number of nitrogens with zero attached hydrogens (tertiary/aromatic N) is 2. The first-order chi connectivity index (χ1) is 17.0. The van der Waals surface area contributed by atoms with Crippen LogP contribution in [0.5, 0.6) is 5.75 Å². The molecule has 0 spiro atoms. The van der Waals surface area contributed by atoms with Gasteiger partial charge in [-0.3, -0.25) is 9.59 Å². The molecule has 2 amide bonds. The Morgan fingerprint density at radius 2 is 1.91 bits per heavy atom. The van der Waals surface area contributed by atoms with Crippen molar-refractivity contribution in [1.29, 1.82) is 0 Å². The maximum Gasteiger partial charge on any atom is 0.339 e. The summed E-state index contributed by atoms with van der Waals surface area (Å²) in [5.41, 5.74) is 2.17. The number of esters is 1. The number of para-hydroxylation sites is 3. The number of pyridine rings is 1. The molecule has 0 fully saturated rings. The number of thiophene rings is 1. The predicted octanol–water partition coefficient (Wildman–Crippen LogP) is 3.66. The fraction of sp³-hybridized carbons (Fsp3) is 0.154. The van der Waals surface area contributed by atoms with E-state index < -0.39 is 24.6 Å².